The van der Waals surface area contributed by atoms with Crippen LogP contribution in [0.3, 0.4) is 0 Å². The Morgan fingerprint density at radius 2 is 2.23 bits per heavy atom. The molecule has 0 spiro atoms. The Morgan fingerprint density at radius 1 is 1.45 bits per heavy atom. The van der Waals surface area contributed by atoms with Gasteiger partial charge in [0.15, 0.2) is 0 Å². The van der Waals surface area contributed by atoms with Crippen LogP contribution in [0.2, 0.25) is 0 Å². The molecule has 5 nitrogen and oxygen atoms in total. The fourth-order valence-electron chi connectivity index (χ4n) is 2.35. The van der Waals surface area contributed by atoms with E-state index in [-0.39, 0.29) is 35.6 Å². The first-order valence-electron chi connectivity index (χ1n) is 7.10. The van der Waals surface area contributed by atoms with E-state index >= 15 is 0 Å². The molecule has 1 aliphatic heterocycles. The topological polar surface area (TPSA) is 70.9 Å². The fourth-order valence-corrected chi connectivity index (χ4v) is 2.35. The van der Waals surface area contributed by atoms with E-state index in [4.69, 9.17) is 4.84 Å². The van der Waals surface area contributed by atoms with Gasteiger partial charge in [0.25, 0.3) is 5.91 Å². The highest BCUT2D eigenvalue weighted by molar-refractivity contribution is 6.04. The van der Waals surface area contributed by atoms with E-state index in [1.54, 1.807) is 0 Å². The molecule has 7 heteroatoms. The van der Waals surface area contributed by atoms with Crippen LogP contribution in [0.5, 0.6) is 0 Å². The molecule has 1 aliphatic carbocycles. The standard InChI is InChI=1S/C15H16F2N2O3/c16-9-1-2-11(17)10(5-9)12-6-13(22-19-12)14(21)18-7-15(8-20)3-4-15/h1-2,5,13,20H,3-4,6-8H2,(H,18,21). The van der Waals surface area contributed by atoms with Crippen molar-refractivity contribution in [3.63, 3.8) is 0 Å². The summed E-state index contributed by atoms with van der Waals surface area (Å²) in [5, 5.41) is 15.6. The van der Waals surface area contributed by atoms with E-state index < -0.39 is 17.7 Å². The predicted octanol–water partition coefficient (Wildman–Crippen LogP) is 1.35. The Kier molecular flexibility index (Phi) is 3.82. The van der Waals surface area contributed by atoms with Crippen LogP contribution >= 0.6 is 0 Å². The Bertz CT molecular complexity index is 629. The first kappa shape index (κ1) is 14.9. The number of amides is 1. The molecule has 0 aromatic heterocycles. The van der Waals surface area contributed by atoms with Crippen LogP contribution in [0.15, 0.2) is 23.4 Å². The summed E-state index contributed by atoms with van der Waals surface area (Å²) >= 11 is 0. The summed E-state index contributed by atoms with van der Waals surface area (Å²) in [7, 11) is 0. The zero-order chi connectivity index (χ0) is 15.7. The molecule has 2 aliphatic rings. The Balaban J connectivity index is 1.59. The number of aliphatic hydroxyl groups excluding tert-OH is 1. The third-order valence-corrected chi connectivity index (χ3v) is 4.13. The van der Waals surface area contributed by atoms with E-state index in [9.17, 15) is 18.7 Å². The average molecular weight is 310 g/mol. The van der Waals surface area contributed by atoms with Crippen LogP contribution in [0.1, 0.15) is 24.8 Å². The fraction of sp³-hybridized carbons (Fsp3) is 0.467. The van der Waals surface area contributed by atoms with Gasteiger partial charge in [0, 0.05) is 23.9 Å². The summed E-state index contributed by atoms with van der Waals surface area (Å²) in [5.74, 6) is -1.55. The minimum absolute atomic E-state index is 0.00400. The smallest absolute Gasteiger partial charge is 0.264 e. The molecule has 1 fully saturated rings. The highest BCUT2D eigenvalue weighted by Gasteiger charge is 2.43. The van der Waals surface area contributed by atoms with Gasteiger partial charge in [0.05, 0.1) is 12.3 Å². The third-order valence-electron chi connectivity index (χ3n) is 4.13. The highest BCUT2D eigenvalue weighted by Crippen LogP contribution is 2.44. The largest absolute Gasteiger partial charge is 0.396 e. The summed E-state index contributed by atoms with van der Waals surface area (Å²) < 4.78 is 26.9. The number of carbonyl (C=O) groups excluding carboxylic acids is 1. The molecular formula is C15H16F2N2O3. The first-order chi connectivity index (χ1) is 10.5. The number of carbonyl (C=O) groups is 1. The van der Waals surface area contributed by atoms with E-state index in [0.29, 0.717) is 6.54 Å². The number of rotatable bonds is 5. The molecule has 2 N–H and O–H groups in total. The normalized spacial score (nSPS) is 22.0. The van der Waals surface area contributed by atoms with Crippen LogP contribution in [-0.2, 0) is 9.63 Å². The lowest BCUT2D eigenvalue weighted by Crippen LogP contribution is -2.39. The van der Waals surface area contributed by atoms with Crippen molar-refractivity contribution in [3.8, 4) is 0 Å². The van der Waals surface area contributed by atoms with Crippen LogP contribution < -0.4 is 5.32 Å². The van der Waals surface area contributed by atoms with Crippen molar-refractivity contribution in [1.82, 2.24) is 5.32 Å². The highest BCUT2D eigenvalue weighted by atomic mass is 19.1. The molecule has 1 amide bonds. The SMILES string of the molecule is O=C(NCC1(CO)CC1)C1CC(c2cc(F)ccc2F)=NO1. The monoisotopic (exact) mass is 310 g/mol. The van der Waals surface area contributed by atoms with Gasteiger partial charge < -0.3 is 15.3 Å². The lowest BCUT2D eigenvalue weighted by Gasteiger charge is -2.14. The first-order valence-corrected chi connectivity index (χ1v) is 7.10. The maximum Gasteiger partial charge on any atom is 0.264 e. The number of oxime groups is 1. The molecular weight excluding hydrogens is 294 g/mol. The van der Waals surface area contributed by atoms with Gasteiger partial charge in [-0.05, 0) is 31.0 Å². The Hall–Kier alpha value is -2.02. The van der Waals surface area contributed by atoms with Crippen molar-refractivity contribution in [3.05, 3.63) is 35.4 Å². The van der Waals surface area contributed by atoms with Crippen LogP contribution in [-0.4, -0.2) is 36.0 Å². The van der Waals surface area contributed by atoms with Crippen molar-refractivity contribution >= 4 is 11.6 Å². The van der Waals surface area contributed by atoms with E-state index in [1.807, 2.05) is 0 Å². The third kappa shape index (κ3) is 2.94. The zero-order valence-electron chi connectivity index (χ0n) is 11.8. The summed E-state index contributed by atoms with van der Waals surface area (Å²) in [4.78, 5) is 17.0. The molecule has 1 heterocycles. The minimum atomic E-state index is -0.854. The minimum Gasteiger partial charge on any atom is -0.396 e. The van der Waals surface area contributed by atoms with Gasteiger partial charge in [-0.1, -0.05) is 5.16 Å². The summed E-state index contributed by atoms with van der Waals surface area (Å²) in [5.41, 5.74) is 0.0110. The second-order valence-electron chi connectivity index (χ2n) is 5.84. The number of halogens is 2. The summed E-state index contributed by atoms with van der Waals surface area (Å²) in [6.07, 6.45) is 0.988. The van der Waals surface area contributed by atoms with Crippen molar-refractivity contribution in [2.75, 3.05) is 13.2 Å². The van der Waals surface area contributed by atoms with E-state index in [1.165, 1.54) is 0 Å². The van der Waals surface area contributed by atoms with Gasteiger partial charge in [0.2, 0.25) is 6.10 Å². The van der Waals surface area contributed by atoms with Gasteiger partial charge in [-0.15, -0.1) is 0 Å². The van der Waals surface area contributed by atoms with Crippen LogP contribution in [0.25, 0.3) is 0 Å². The molecule has 1 aromatic carbocycles. The molecule has 22 heavy (non-hydrogen) atoms. The number of hydrogen-bond acceptors (Lipinski definition) is 4. The molecule has 0 bridgehead atoms. The van der Waals surface area contributed by atoms with Gasteiger partial charge >= 0.3 is 0 Å². The Labute approximate surface area is 126 Å². The molecule has 1 unspecified atom stereocenters. The number of benzene rings is 1. The quantitative estimate of drug-likeness (QED) is 0.862. The molecule has 118 valence electrons. The van der Waals surface area contributed by atoms with Crippen molar-refractivity contribution in [1.29, 1.82) is 0 Å². The van der Waals surface area contributed by atoms with Crippen LogP contribution in [0, 0.1) is 17.0 Å². The van der Waals surface area contributed by atoms with Gasteiger partial charge in [0.1, 0.15) is 11.6 Å². The molecule has 1 atom stereocenters. The van der Waals surface area contributed by atoms with Gasteiger partial charge in [-0.25, -0.2) is 8.78 Å². The lowest BCUT2D eigenvalue weighted by atomic mass is 10.0. The van der Waals surface area contributed by atoms with Crippen molar-refractivity contribution in [2.24, 2.45) is 10.6 Å². The molecule has 0 radical (unpaired) electrons. The number of nitrogens with zero attached hydrogens (tertiary/aromatic N) is 1. The van der Waals surface area contributed by atoms with Crippen LogP contribution in [0.4, 0.5) is 8.78 Å². The number of hydrogen-bond donors (Lipinski definition) is 2. The molecule has 3 rings (SSSR count). The number of aliphatic hydroxyl groups is 1. The lowest BCUT2D eigenvalue weighted by molar-refractivity contribution is -0.131. The molecule has 1 aromatic rings. The Morgan fingerprint density at radius 3 is 2.91 bits per heavy atom. The van der Waals surface area contributed by atoms with E-state index in [2.05, 4.69) is 10.5 Å². The summed E-state index contributed by atoms with van der Waals surface area (Å²) in [6, 6.07) is 3.06. The molecule has 1 saturated carbocycles. The average Bonchev–Trinajstić information content (AvgIpc) is 3.14. The van der Waals surface area contributed by atoms with Gasteiger partial charge in [-0.2, -0.15) is 0 Å². The second-order valence-corrected chi connectivity index (χ2v) is 5.84. The summed E-state index contributed by atoms with van der Waals surface area (Å²) in [6.45, 7) is 0.418. The van der Waals surface area contributed by atoms with Crippen molar-refractivity contribution < 1.29 is 23.5 Å². The predicted molar refractivity (Wildman–Crippen MR) is 74.1 cm³/mol. The zero-order valence-corrected chi connectivity index (χ0v) is 11.8. The molecule has 0 saturated heterocycles. The maximum absolute atomic E-state index is 13.7. The number of nitrogens with one attached hydrogen (secondary N) is 1. The van der Waals surface area contributed by atoms with Crippen molar-refractivity contribution in [2.45, 2.75) is 25.4 Å². The van der Waals surface area contributed by atoms with Gasteiger partial charge in [-0.3, -0.25) is 4.79 Å². The van der Waals surface area contributed by atoms with E-state index in [0.717, 1.165) is 31.0 Å². The maximum atomic E-state index is 13.7. The second kappa shape index (κ2) is 5.64.